The van der Waals surface area contributed by atoms with Crippen LogP contribution in [0.1, 0.15) is 5.56 Å². The second kappa shape index (κ2) is 8.27. The number of amides is 1. The molecule has 5 nitrogen and oxygen atoms in total. The van der Waals surface area contributed by atoms with Crippen molar-refractivity contribution in [2.24, 2.45) is 0 Å². The topological polar surface area (TPSA) is 75.0 Å². The minimum absolute atomic E-state index is 0.0146. The number of nitrogens with zero attached hydrogens (tertiary/aromatic N) is 2. The number of hydrogen-bond donors (Lipinski definition) is 1. The van der Waals surface area contributed by atoms with Crippen molar-refractivity contribution in [1.82, 2.24) is 4.98 Å². The molecule has 126 valence electrons. The number of anilines is 1. The number of carbonyl (C=O) groups excluding carboxylic acids is 1. The Morgan fingerprint density at radius 1 is 0.962 bits per heavy atom. The summed E-state index contributed by atoms with van der Waals surface area (Å²) in [5.41, 5.74) is 1.32. The van der Waals surface area contributed by atoms with E-state index >= 15 is 0 Å². The van der Waals surface area contributed by atoms with E-state index in [0.717, 1.165) is 11.3 Å². The SMILES string of the molecule is N#C/C(=C\c1ccncc1)C(=O)Nc1ccc(Oc2ccccc2)cc1. The van der Waals surface area contributed by atoms with E-state index in [-0.39, 0.29) is 5.57 Å². The fraction of sp³-hybridized carbons (Fsp3) is 0. The van der Waals surface area contributed by atoms with Gasteiger partial charge in [0.25, 0.3) is 5.91 Å². The van der Waals surface area contributed by atoms with Crippen LogP contribution in [0.2, 0.25) is 0 Å². The largest absolute Gasteiger partial charge is 0.457 e. The Labute approximate surface area is 151 Å². The Hall–Kier alpha value is -3.91. The lowest BCUT2D eigenvalue weighted by molar-refractivity contribution is -0.112. The Kier molecular flexibility index (Phi) is 5.38. The molecule has 0 aliphatic rings. The summed E-state index contributed by atoms with van der Waals surface area (Å²) in [6, 6.07) is 21.7. The molecule has 26 heavy (non-hydrogen) atoms. The summed E-state index contributed by atoms with van der Waals surface area (Å²) in [5.74, 6) is 0.916. The van der Waals surface area contributed by atoms with Crippen LogP contribution in [0.4, 0.5) is 5.69 Å². The maximum atomic E-state index is 12.3. The third kappa shape index (κ3) is 4.56. The van der Waals surface area contributed by atoms with Gasteiger partial charge in [0, 0.05) is 18.1 Å². The number of carbonyl (C=O) groups is 1. The monoisotopic (exact) mass is 341 g/mol. The first-order valence-corrected chi connectivity index (χ1v) is 7.91. The van der Waals surface area contributed by atoms with Gasteiger partial charge >= 0.3 is 0 Å². The zero-order chi connectivity index (χ0) is 18.2. The van der Waals surface area contributed by atoms with Gasteiger partial charge in [-0.25, -0.2) is 0 Å². The minimum Gasteiger partial charge on any atom is -0.457 e. The van der Waals surface area contributed by atoms with Crippen molar-refractivity contribution < 1.29 is 9.53 Å². The van der Waals surface area contributed by atoms with Gasteiger partial charge < -0.3 is 10.1 Å². The number of para-hydroxylation sites is 1. The number of nitriles is 1. The smallest absolute Gasteiger partial charge is 0.266 e. The predicted molar refractivity (Wildman–Crippen MR) is 99.4 cm³/mol. The molecule has 1 aromatic heterocycles. The molecule has 0 aliphatic heterocycles. The van der Waals surface area contributed by atoms with Crippen LogP contribution < -0.4 is 10.1 Å². The van der Waals surface area contributed by atoms with Crippen LogP contribution in [0.15, 0.2) is 84.7 Å². The van der Waals surface area contributed by atoms with E-state index in [9.17, 15) is 10.1 Å². The van der Waals surface area contributed by atoms with Crippen molar-refractivity contribution in [3.8, 4) is 17.6 Å². The van der Waals surface area contributed by atoms with Crippen LogP contribution in [0.3, 0.4) is 0 Å². The van der Waals surface area contributed by atoms with E-state index in [4.69, 9.17) is 4.74 Å². The van der Waals surface area contributed by atoms with Crippen molar-refractivity contribution >= 4 is 17.7 Å². The second-order valence-electron chi connectivity index (χ2n) is 5.34. The van der Waals surface area contributed by atoms with Crippen molar-refractivity contribution in [1.29, 1.82) is 5.26 Å². The molecule has 0 spiro atoms. The molecule has 2 aromatic carbocycles. The first kappa shape index (κ1) is 16.9. The van der Waals surface area contributed by atoms with E-state index in [0.29, 0.717) is 11.4 Å². The molecule has 1 heterocycles. The first-order chi connectivity index (χ1) is 12.7. The van der Waals surface area contributed by atoms with Crippen molar-refractivity contribution in [2.75, 3.05) is 5.32 Å². The van der Waals surface area contributed by atoms with Gasteiger partial charge in [-0.3, -0.25) is 9.78 Å². The van der Waals surface area contributed by atoms with Crippen LogP contribution in [0.25, 0.3) is 6.08 Å². The highest BCUT2D eigenvalue weighted by atomic mass is 16.5. The summed E-state index contributed by atoms with van der Waals surface area (Å²) >= 11 is 0. The zero-order valence-electron chi connectivity index (χ0n) is 13.8. The van der Waals surface area contributed by atoms with Crippen molar-refractivity contribution in [3.05, 3.63) is 90.3 Å². The molecule has 0 unspecified atom stereocenters. The Balaban J connectivity index is 1.67. The lowest BCUT2D eigenvalue weighted by Crippen LogP contribution is -2.13. The summed E-state index contributed by atoms with van der Waals surface area (Å²) < 4.78 is 5.70. The van der Waals surface area contributed by atoms with E-state index in [1.165, 1.54) is 6.08 Å². The molecule has 1 N–H and O–H groups in total. The van der Waals surface area contributed by atoms with E-state index in [1.54, 1.807) is 48.8 Å². The minimum atomic E-state index is -0.471. The van der Waals surface area contributed by atoms with Gasteiger partial charge in [0.1, 0.15) is 23.1 Å². The van der Waals surface area contributed by atoms with Gasteiger partial charge in [-0.15, -0.1) is 0 Å². The summed E-state index contributed by atoms with van der Waals surface area (Å²) in [7, 11) is 0. The first-order valence-electron chi connectivity index (χ1n) is 7.91. The van der Waals surface area contributed by atoms with Crippen LogP contribution in [0, 0.1) is 11.3 Å². The number of aromatic nitrogens is 1. The maximum Gasteiger partial charge on any atom is 0.266 e. The summed E-state index contributed by atoms with van der Waals surface area (Å²) in [6.07, 6.45) is 4.72. The van der Waals surface area contributed by atoms with Crippen molar-refractivity contribution in [3.63, 3.8) is 0 Å². The Bertz CT molecular complexity index is 944. The van der Waals surface area contributed by atoms with Gasteiger partial charge in [-0.1, -0.05) is 18.2 Å². The van der Waals surface area contributed by atoms with Gasteiger partial charge in [0.15, 0.2) is 0 Å². The maximum absolute atomic E-state index is 12.3. The van der Waals surface area contributed by atoms with Gasteiger partial charge in [0.05, 0.1) is 0 Å². The molecular weight excluding hydrogens is 326 g/mol. The molecule has 1 amide bonds. The molecule has 0 saturated carbocycles. The molecule has 5 heteroatoms. The highest BCUT2D eigenvalue weighted by molar-refractivity contribution is 6.09. The lowest BCUT2D eigenvalue weighted by Gasteiger charge is -2.08. The molecule has 3 aromatic rings. The third-order valence-corrected chi connectivity index (χ3v) is 3.47. The fourth-order valence-electron chi connectivity index (χ4n) is 2.20. The molecule has 0 atom stereocenters. The van der Waals surface area contributed by atoms with Crippen LogP contribution in [-0.4, -0.2) is 10.9 Å². The van der Waals surface area contributed by atoms with Crippen molar-refractivity contribution in [2.45, 2.75) is 0 Å². The van der Waals surface area contributed by atoms with Gasteiger partial charge in [0.2, 0.25) is 0 Å². The Morgan fingerprint density at radius 2 is 1.62 bits per heavy atom. The molecule has 0 radical (unpaired) electrons. The molecule has 0 saturated heterocycles. The highest BCUT2D eigenvalue weighted by Gasteiger charge is 2.09. The average molecular weight is 341 g/mol. The summed E-state index contributed by atoms with van der Waals surface area (Å²) in [5, 5.41) is 11.9. The number of nitrogens with one attached hydrogen (secondary N) is 1. The van der Waals surface area contributed by atoms with Gasteiger partial charge in [-0.05, 0) is 60.2 Å². The highest BCUT2D eigenvalue weighted by Crippen LogP contribution is 2.22. The predicted octanol–water partition coefficient (Wildman–Crippen LogP) is 4.42. The summed E-state index contributed by atoms with van der Waals surface area (Å²) in [4.78, 5) is 16.2. The normalized spacial score (nSPS) is 10.7. The van der Waals surface area contributed by atoms with E-state index in [2.05, 4.69) is 10.3 Å². The van der Waals surface area contributed by atoms with Crippen LogP contribution in [0.5, 0.6) is 11.5 Å². The molecule has 3 rings (SSSR count). The molecule has 0 fully saturated rings. The summed E-state index contributed by atoms with van der Waals surface area (Å²) in [6.45, 7) is 0. The number of hydrogen-bond acceptors (Lipinski definition) is 4. The lowest BCUT2D eigenvalue weighted by atomic mass is 10.1. The average Bonchev–Trinajstić information content (AvgIpc) is 2.69. The Morgan fingerprint density at radius 3 is 2.27 bits per heavy atom. The number of ether oxygens (including phenoxy) is 1. The third-order valence-electron chi connectivity index (χ3n) is 3.47. The van der Waals surface area contributed by atoms with Crippen LogP contribution >= 0.6 is 0 Å². The van der Waals surface area contributed by atoms with E-state index < -0.39 is 5.91 Å². The quantitative estimate of drug-likeness (QED) is 0.550. The standard InChI is InChI=1S/C21H15N3O2/c22-15-17(14-16-10-12-23-13-11-16)21(25)24-18-6-8-20(9-7-18)26-19-4-2-1-3-5-19/h1-14H,(H,24,25)/b17-14+. The molecule has 0 aliphatic carbocycles. The van der Waals surface area contributed by atoms with E-state index in [1.807, 2.05) is 36.4 Å². The van der Waals surface area contributed by atoms with Crippen LogP contribution in [-0.2, 0) is 4.79 Å². The number of benzene rings is 2. The van der Waals surface area contributed by atoms with Gasteiger partial charge in [-0.2, -0.15) is 5.26 Å². The molecule has 0 bridgehead atoms. The number of pyridine rings is 1. The molecular formula is C21H15N3O2. The second-order valence-corrected chi connectivity index (χ2v) is 5.34. The zero-order valence-corrected chi connectivity index (χ0v) is 13.8. The number of rotatable bonds is 5. The fourth-order valence-corrected chi connectivity index (χ4v) is 2.20.